The molecule has 10 heteroatoms. The summed E-state index contributed by atoms with van der Waals surface area (Å²) in [6, 6.07) is 10.1. The summed E-state index contributed by atoms with van der Waals surface area (Å²) in [7, 11) is 0. The predicted octanol–water partition coefficient (Wildman–Crippen LogP) is 3.73. The van der Waals surface area contributed by atoms with E-state index in [1.165, 1.54) is 11.8 Å². The lowest BCUT2D eigenvalue weighted by atomic mass is 10.1. The van der Waals surface area contributed by atoms with Crippen LogP contribution in [0.15, 0.2) is 40.4 Å². The van der Waals surface area contributed by atoms with Crippen LogP contribution in [0.1, 0.15) is 31.0 Å². The minimum Gasteiger partial charge on any atom is -0.487 e. The minimum atomic E-state index is 0.286. The number of hydrogen-bond acceptors (Lipinski definition) is 9. The molecule has 0 bridgehead atoms. The number of aromatic amines is 1. The highest BCUT2D eigenvalue weighted by molar-refractivity contribution is 7.99. The third-order valence-corrected chi connectivity index (χ3v) is 6.90. The average Bonchev–Trinajstić information content (AvgIpc) is 3.64. The maximum absolute atomic E-state index is 12.2. The third-order valence-electron chi connectivity index (χ3n) is 6.03. The van der Waals surface area contributed by atoms with Crippen LogP contribution >= 0.6 is 11.8 Å². The van der Waals surface area contributed by atoms with E-state index >= 15 is 0 Å². The van der Waals surface area contributed by atoms with Crippen LogP contribution in [-0.2, 0) is 11.2 Å². The molecular weight excluding hydrogens is 462 g/mol. The van der Waals surface area contributed by atoms with Gasteiger partial charge in [-0.15, -0.1) is 0 Å². The van der Waals surface area contributed by atoms with Crippen LogP contribution in [0.3, 0.4) is 0 Å². The second-order valence-corrected chi connectivity index (χ2v) is 9.94. The summed E-state index contributed by atoms with van der Waals surface area (Å²) >= 11 is 1.50. The SMILES string of the molecule is CCOc1c(Nc2cc(C)[nH]n2)nc(Sc2ccc(CC(=O)C3CC3)cc2)nc1N1CCNCC1. The number of aryl methyl sites for hydroxylation is 1. The van der Waals surface area contributed by atoms with Gasteiger partial charge in [0.1, 0.15) is 5.78 Å². The maximum atomic E-state index is 12.2. The number of Topliss-reactive ketones (excluding diaryl/α,β-unsaturated/α-hetero) is 1. The van der Waals surface area contributed by atoms with Crippen LogP contribution in [-0.4, -0.2) is 58.7 Å². The number of nitrogens with zero attached hydrogens (tertiary/aromatic N) is 4. The number of aromatic nitrogens is 4. The van der Waals surface area contributed by atoms with Crippen molar-refractivity contribution >= 4 is 35.0 Å². The first-order chi connectivity index (χ1) is 17.1. The molecule has 1 aromatic carbocycles. The van der Waals surface area contributed by atoms with Crippen molar-refractivity contribution in [3.05, 3.63) is 41.6 Å². The average molecular weight is 494 g/mol. The van der Waals surface area contributed by atoms with Crippen LogP contribution in [0, 0.1) is 12.8 Å². The summed E-state index contributed by atoms with van der Waals surface area (Å²) in [6.07, 6.45) is 2.61. The standard InChI is InChI=1S/C25H31N7O2S/c1-3-34-22-23(27-21-14-16(2)30-31-21)28-25(29-24(22)32-12-10-26-11-13-32)35-19-8-4-17(5-9-19)15-20(33)18-6-7-18/h4-5,8-9,14,18,26H,3,6-7,10-13,15H2,1-2H3,(H2,27,28,29,30,31). The van der Waals surface area contributed by atoms with Gasteiger partial charge < -0.3 is 20.3 Å². The molecular formula is C25H31N7O2S. The van der Waals surface area contributed by atoms with Gasteiger partial charge in [-0.2, -0.15) is 5.10 Å². The first-order valence-corrected chi connectivity index (χ1v) is 13.0. The Bertz CT molecular complexity index is 1170. The lowest BCUT2D eigenvalue weighted by Gasteiger charge is -2.30. The van der Waals surface area contributed by atoms with Gasteiger partial charge in [-0.3, -0.25) is 9.89 Å². The number of benzene rings is 1. The summed E-state index contributed by atoms with van der Waals surface area (Å²) in [5.74, 6) is 3.32. The fourth-order valence-corrected chi connectivity index (χ4v) is 4.80. The van der Waals surface area contributed by atoms with E-state index < -0.39 is 0 Å². The quantitative estimate of drug-likeness (QED) is 0.364. The van der Waals surface area contributed by atoms with Gasteiger partial charge >= 0.3 is 0 Å². The number of carbonyl (C=O) groups excluding carboxylic acids is 1. The zero-order valence-corrected chi connectivity index (χ0v) is 21.0. The van der Waals surface area contributed by atoms with Crippen molar-refractivity contribution in [2.75, 3.05) is 43.0 Å². The second-order valence-electron chi connectivity index (χ2n) is 8.90. The van der Waals surface area contributed by atoms with Crippen molar-refractivity contribution in [1.82, 2.24) is 25.5 Å². The van der Waals surface area contributed by atoms with E-state index in [1.807, 2.05) is 44.2 Å². The molecule has 0 unspecified atom stereocenters. The van der Waals surface area contributed by atoms with Crippen molar-refractivity contribution in [1.29, 1.82) is 0 Å². The fourth-order valence-electron chi connectivity index (χ4n) is 4.05. The molecule has 1 aliphatic heterocycles. The summed E-state index contributed by atoms with van der Waals surface area (Å²) in [5, 5.41) is 14.6. The molecule has 3 aromatic rings. The Morgan fingerprint density at radius 2 is 1.97 bits per heavy atom. The maximum Gasteiger partial charge on any atom is 0.205 e. The van der Waals surface area contributed by atoms with E-state index in [2.05, 4.69) is 25.7 Å². The number of nitrogens with one attached hydrogen (secondary N) is 3. The molecule has 3 heterocycles. The van der Waals surface area contributed by atoms with Crippen molar-refractivity contribution < 1.29 is 9.53 Å². The Kier molecular flexibility index (Phi) is 7.19. The van der Waals surface area contributed by atoms with E-state index in [4.69, 9.17) is 14.7 Å². The minimum absolute atomic E-state index is 0.286. The zero-order chi connectivity index (χ0) is 24.2. The van der Waals surface area contributed by atoms with Crippen LogP contribution in [0.4, 0.5) is 17.5 Å². The molecule has 1 saturated carbocycles. The van der Waals surface area contributed by atoms with Gasteiger partial charge in [0, 0.05) is 55.2 Å². The zero-order valence-electron chi connectivity index (χ0n) is 20.1. The lowest BCUT2D eigenvalue weighted by Crippen LogP contribution is -2.44. The van der Waals surface area contributed by atoms with Gasteiger partial charge in [0.25, 0.3) is 0 Å². The molecule has 3 N–H and O–H groups in total. The highest BCUT2D eigenvalue weighted by atomic mass is 32.2. The Hall–Kier alpha value is -3.11. The molecule has 0 atom stereocenters. The van der Waals surface area contributed by atoms with Gasteiger partial charge in [-0.05, 0) is 56.1 Å². The predicted molar refractivity (Wildman–Crippen MR) is 137 cm³/mol. The van der Waals surface area contributed by atoms with Crippen molar-refractivity contribution in [2.45, 2.75) is 43.2 Å². The number of H-pyrrole nitrogens is 1. The van der Waals surface area contributed by atoms with E-state index in [9.17, 15) is 4.79 Å². The fraction of sp³-hybridized carbons (Fsp3) is 0.440. The van der Waals surface area contributed by atoms with E-state index in [-0.39, 0.29) is 5.92 Å². The van der Waals surface area contributed by atoms with Gasteiger partial charge in [0.15, 0.2) is 22.6 Å². The summed E-state index contributed by atoms with van der Waals surface area (Å²) < 4.78 is 6.05. The molecule has 0 spiro atoms. The van der Waals surface area contributed by atoms with Crippen molar-refractivity contribution in [2.24, 2.45) is 5.92 Å². The molecule has 0 amide bonds. The molecule has 2 fully saturated rings. The molecule has 2 aliphatic rings. The molecule has 1 aliphatic carbocycles. The first kappa shape index (κ1) is 23.6. The highest BCUT2D eigenvalue weighted by Crippen LogP contribution is 2.38. The number of hydrogen-bond donors (Lipinski definition) is 3. The van der Waals surface area contributed by atoms with Crippen LogP contribution in [0.5, 0.6) is 5.75 Å². The van der Waals surface area contributed by atoms with Gasteiger partial charge in [0.2, 0.25) is 5.75 Å². The molecule has 1 saturated heterocycles. The largest absolute Gasteiger partial charge is 0.487 e. The van der Waals surface area contributed by atoms with Gasteiger partial charge in [-0.25, -0.2) is 9.97 Å². The third kappa shape index (κ3) is 5.94. The summed E-state index contributed by atoms with van der Waals surface area (Å²) in [6.45, 7) is 7.88. The summed E-state index contributed by atoms with van der Waals surface area (Å²) in [5.41, 5.74) is 2.01. The van der Waals surface area contributed by atoms with Crippen LogP contribution < -0.4 is 20.3 Å². The van der Waals surface area contributed by atoms with Crippen molar-refractivity contribution in [3.8, 4) is 5.75 Å². The van der Waals surface area contributed by atoms with Gasteiger partial charge in [-0.1, -0.05) is 12.1 Å². The molecule has 2 aromatic heterocycles. The Labute approximate surface area is 209 Å². The van der Waals surface area contributed by atoms with E-state index in [1.54, 1.807) is 0 Å². The van der Waals surface area contributed by atoms with Crippen molar-refractivity contribution in [3.63, 3.8) is 0 Å². The lowest BCUT2D eigenvalue weighted by molar-refractivity contribution is -0.119. The highest BCUT2D eigenvalue weighted by Gasteiger charge is 2.29. The molecule has 35 heavy (non-hydrogen) atoms. The summed E-state index contributed by atoms with van der Waals surface area (Å²) in [4.78, 5) is 25.1. The molecule has 9 nitrogen and oxygen atoms in total. The first-order valence-electron chi connectivity index (χ1n) is 12.2. The van der Waals surface area contributed by atoms with Crippen LogP contribution in [0.2, 0.25) is 0 Å². The smallest absolute Gasteiger partial charge is 0.205 e. The van der Waals surface area contributed by atoms with E-state index in [0.29, 0.717) is 41.4 Å². The monoisotopic (exact) mass is 493 g/mol. The number of ether oxygens (including phenoxy) is 1. The Morgan fingerprint density at radius 1 is 1.20 bits per heavy atom. The number of ketones is 1. The number of anilines is 3. The number of piperazine rings is 1. The normalized spacial score (nSPS) is 15.8. The molecule has 5 rings (SSSR count). The Balaban J connectivity index is 1.43. The topological polar surface area (TPSA) is 108 Å². The number of carbonyl (C=O) groups is 1. The second kappa shape index (κ2) is 10.7. The molecule has 184 valence electrons. The Morgan fingerprint density at radius 3 is 2.63 bits per heavy atom. The van der Waals surface area contributed by atoms with Crippen LogP contribution in [0.25, 0.3) is 0 Å². The molecule has 0 radical (unpaired) electrons. The number of rotatable bonds is 10. The van der Waals surface area contributed by atoms with Gasteiger partial charge in [0.05, 0.1) is 6.61 Å². The van der Waals surface area contributed by atoms with E-state index in [0.717, 1.165) is 61.0 Å².